The van der Waals surface area contributed by atoms with Gasteiger partial charge in [-0.3, -0.25) is 9.36 Å². The lowest BCUT2D eigenvalue weighted by Crippen LogP contribution is -2.21. The van der Waals surface area contributed by atoms with Gasteiger partial charge in [-0.05, 0) is 29.8 Å². The predicted octanol–water partition coefficient (Wildman–Crippen LogP) is 2.97. The van der Waals surface area contributed by atoms with Crippen molar-refractivity contribution in [2.24, 2.45) is 0 Å². The Morgan fingerprint density at radius 3 is 2.86 bits per heavy atom. The molecule has 21 heavy (non-hydrogen) atoms. The minimum atomic E-state index is -0.149. The molecule has 0 atom stereocenters. The van der Waals surface area contributed by atoms with Gasteiger partial charge in [-0.2, -0.15) is 5.26 Å². The molecule has 0 aliphatic carbocycles. The van der Waals surface area contributed by atoms with Crippen LogP contribution in [0.1, 0.15) is 11.1 Å². The standard InChI is InChI=1S/C16H10ClN3O/c17-13-5-6-14-15(7-13)19-10-20(16(14)21)9-12-4-2-1-3-11(12)8-18/h1-7,10H,9H2. The van der Waals surface area contributed by atoms with Crippen molar-refractivity contribution in [2.45, 2.75) is 6.54 Å². The van der Waals surface area contributed by atoms with Gasteiger partial charge in [0.2, 0.25) is 0 Å². The lowest BCUT2D eigenvalue weighted by molar-refractivity contribution is 0.747. The molecule has 102 valence electrons. The van der Waals surface area contributed by atoms with E-state index < -0.39 is 0 Å². The van der Waals surface area contributed by atoms with Gasteiger partial charge in [0.15, 0.2) is 0 Å². The number of hydrogen-bond acceptors (Lipinski definition) is 3. The van der Waals surface area contributed by atoms with Gasteiger partial charge < -0.3 is 0 Å². The van der Waals surface area contributed by atoms with Crippen LogP contribution in [-0.2, 0) is 6.54 Å². The third kappa shape index (κ3) is 2.51. The molecule has 3 rings (SSSR count). The number of fused-ring (bicyclic) bond motifs is 1. The predicted molar refractivity (Wildman–Crippen MR) is 81.3 cm³/mol. The summed E-state index contributed by atoms with van der Waals surface area (Å²) in [5.41, 5.74) is 1.76. The summed E-state index contributed by atoms with van der Waals surface area (Å²) in [6, 6.07) is 14.3. The molecule has 0 fully saturated rings. The van der Waals surface area contributed by atoms with E-state index in [0.29, 0.717) is 28.0 Å². The van der Waals surface area contributed by atoms with Crippen LogP contribution >= 0.6 is 11.6 Å². The fraction of sp³-hybridized carbons (Fsp3) is 0.0625. The van der Waals surface area contributed by atoms with Crippen LogP contribution in [0.25, 0.3) is 10.9 Å². The summed E-state index contributed by atoms with van der Waals surface area (Å²) in [5, 5.41) is 10.2. The van der Waals surface area contributed by atoms with E-state index in [-0.39, 0.29) is 5.56 Å². The quantitative estimate of drug-likeness (QED) is 0.730. The zero-order chi connectivity index (χ0) is 14.8. The van der Waals surface area contributed by atoms with Gasteiger partial charge in [0.05, 0.1) is 35.4 Å². The average molecular weight is 296 g/mol. The minimum absolute atomic E-state index is 0.149. The number of rotatable bonds is 2. The van der Waals surface area contributed by atoms with Crippen LogP contribution in [0.2, 0.25) is 5.02 Å². The van der Waals surface area contributed by atoms with E-state index in [2.05, 4.69) is 11.1 Å². The van der Waals surface area contributed by atoms with Gasteiger partial charge in [0.25, 0.3) is 5.56 Å². The van der Waals surface area contributed by atoms with Crippen LogP contribution in [0.4, 0.5) is 0 Å². The second-order valence-corrected chi connectivity index (χ2v) is 5.04. The van der Waals surface area contributed by atoms with Crippen molar-refractivity contribution in [3.8, 4) is 6.07 Å². The first-order valence-electron chi connectivity index (χ1n) is 6.32. The van der Waals surface area contributed by atoms with Crippen molar-refractivity contribution in [1.29, 1.82) is 5.26 Å². The fourth-order valence-electron chi connectivity index (χ4n) is 2.19. The largest absolute Gasteiger partial charge is 0.294 e. The molecule has 5 heteroatoms. The molecule has 1 aromatic heterocycles. The molecule has 4 nitrogen and oxygen atoms in total. The second-order valence-electron chi connectivity index (χ2n) is 4.61. The maximum atomic E-state index is 12.4. The van der Waals surface area contributed by atoms with Gasteiger partial charge in [0, 0.05) is 5.02 Å². The molecule has 1 heterocycles. The Labute approximate surface area is 125 Å². The molecule has 0 N–H and O–H groups in total. The van der Waals surface area contributed by atoms with Crippen LogP contribution in [0, 0.1) is 11.3 Å². The topological polar surface area (TPSA) is 58.7 Å². The number of halogens is 1. The normalized spacial score (nSPS) is 10.5. The van der Waals surface area contributed by atoms with Gasteiger partial charge in [-0.1, -0.05) is 29.8 Å². The van der Waals surface area contributed by atoms with E-state index >= 15 is 0 Å². The van der Waals surface area contributed by atoms with E-state index in [1.807, 2.05) is 12.1 Å². The maximum Gasteiger partial charge on any atom is 0.261 e. The van der Waals surface area contributed by atoms with E-state index in [4.69, 9.17) is 16.9 Å². The SMILES string of the molecule is N#Cc1ccccc1Cn1cnc2cc(Cl)ccc2c1=O. The summed E-state index contributed by atoms with van der Waals surface area (Å²) in [5.74, 6) is 0. The highest BCUT2D eigenvalue weighted by atomic mass is 35.5. The van der Waals surface area contributed by atoms with E-state index in [1.165, 1.54) is 10.9 Å². The smallest absolute Gasteiger partial charge is 0.261 e. The summed E-state index contributed by atoms with van der Waals surface area (Å²) < 4.78 is 1.49. The van der Waals surface area contributed by atoms with E-state index in [0.717, 1.165) is 5.56 Å². The molecule has 0 saturated carbocycles. The Morgan fingerprint density at radius 1 is 1.24 bits per heavy atom. The minimum Gasteiger partial charge on any atom is -0.294 e. The molecular weight excluding hydrogens is 286 g/mol. The lowest BCUT2D eigenvalue weighted by Gasteiger charge is -2.08. The summed E-state index contributed by atoms with van der Waals surface area (Å²) in [6.45, 7) is 0.314. The van der Waals surface area contributed by atoms with E-state index in [1.54, 1.807) is 30.3 Å². The molecule has 0 amide bonds. The highest BCUT2D eigenvalue weighted by Crippen LogP contribution is 2.15. The fourth-order valence-corrected chi connectivity index (χ4v) is 2.36. The molecule has 0 aliphatic rings. The van der Waals surface area contributed by atoms with Gasteiger partial charge in [0.1, 0.15) is 0 Å². The Balaban J connectivity index is 2.10. The Kier molecular flexibility index (Phi) is 3.43. The molecule has 0 bridgehead atoms. The molecule has 0 radical (unpaired) electrons. The number of aromatic nitrogens is 2. The third-order valence-corrected chi connectivity index (χ3v) is 3.50. The molecule has 0 aliphatic heterocycles. The van der Waals surface area contributed by atoms with Crippen LogP contribution in [-0.4, -0.2) is 9.55 Å². The van der Waals surface area contributed by atoms with Gasteiger partial charge in [-0.15, -0.1) is 0 Å². The lowest BCUT2D eigenvalue weighted by atomic mass is 10.1. The number of nitriles is 1. The summed E-state index contributed by atoms with van der Waals surface area (Å²) in [6.07, 6.45) is 1.48. The van der Waals surface area contributed by atoms with Crippen molar-refractivity contribution in [2.75, 3.05) is 0 Å². The average Bonchev–Trinajstić information content (AvgIpc) is 2.50. The zero-order valence-electron chi connectivity index (χ0n) is 11.0. The molecule has 2 aromatic carbocycles. The van der Waals surface area contributed by atoms with Crippen LogP contribution in [0.3, 0.4) is 0 Å². The van der Waals surface area contributed by atoms with Crippen molar-refractivity contribution >= 4 is 22.5 Å². The van der Waals surface area contributed by atoms with Crippen molar-refractivity contribution in [1.82, 2.24) is 9.55 Å². The molecular formula is C16H10ClN3O. The first kappa shape index (κ1) is 13.3. The Bertz CT molecular complexity index is 925. The molecule has 3 aromatic rings. The Morgan fingerprint density at radius 2 is 2.05 bits per heavy atom. The van der Waals surface area contributed by atoms with Crippen LogP contribution < -0.4 is 5.56 Å². The van der Waals surface area contributed by atoms with Gasteiger partial charge >= 0.3 is 0 Å². The van der Waals surface area contributed by atoms with Crippen molar-refractivity contribution < 1.29 is 0 Å². The van der Waals surface area contributed by atoms with Gasteiger partial charge in [-0.25, -0.2) is 4.98 Å². The summed E-state index contributed by atoms with van der Waals surface area (Å²) >= 11 is 5.90. The highest BCUT2D eigenvalue weighted by Gasteiger charge is 2.07. The number of hydrogen-bond donors (Lipinski definition) is 0. The summed E-state index contributed by atoms with van der Waals surface area (Å²) in [7, 11) is 0. The molecule has 0 saturated heterocycles. The summed E-state index contributed by atoms with van der Waals surface area (Å²) in [4.78, 5) is 16.7. The number of nitrogens with zero attached hydrogens (tertiary/aromatic N) is 3. The molecule has 0 spiro atoms. The van der Waals surface area contributed by atoms with Crippen molar-refractivity contribution in [3.63, 3.8) is 0 Å². The first-order valence-corrected chi connectivity index (χ1v) is 6.69. The van der Waals surface area contributed by atoms with E-state index in [9.17, 15) is 4.79 Å². The third-order valence-electron chi connectivity index (χ3n) is 3.27. The maximum absolute atomic E-state index is 12.4. The highest BCUT2D eigenvalue weighted by molar-refractivity contribution is 6.31. The number of benzene rings is 2. The zero-order valence-corrected chi connectivity index (χ0v) is 11.7. The van der Waals surface area contributed by atoms with Crippen LogP contribution in [0.15, 0.2) is 53.6 Å². The Hall–Kier alpha value is -2.64. The molecule has 0 unspecified atom stereocenters. The first-order chi connectivity index (χ1) is 10.2. The second kappa shape index (κ2) is 5.39. The van der Waals surface area contributed by atoms with Crippen LogP contribution in [0.5, 0.6) is 0 Å². The van der Waals surface area contributed by atoms with Crippen molar-refractivity contribution in [3.05, 3.63) is 75.3 Å². The monoisotopic (exact) mass is 295 g/mol.